The van der Waals surface area contributed by atoms with Gasteiger partial charge >= 0.3 is 12.2 Å². The standard InChI is InChI=1S/C18H30N4O5/c1-5-6-13-26-17(25)22-11-9-21(10-12-22)15(23)14(7-8-19)20-16(24)27-18(2,3)4/h14H,5-7,9-13H2,1-4H3,(H,20,24)/t14-/m0/s1. The van der Waals surface area contributed by atoms with E-state index in [1.165, 1.54) is 4.90 Å². The first kappa shape index (κ1) is 22.5. The van der Waals surface area contributed by atoms with Crippen LogP contribution < -0.4 is 5.32 Å². The molecular weight excluding hydrogens is 352 g/mol. The molecule has 0 aliphatic carbocycles. The summed E-state index contributed by atoms with van der Waals surface area (Å²) in [6.45, 7) is 8.88. The number of nitriles is 1. The van der Waals surface area contributed by atoms with Gasteiger partial charge in [-0.1, -0.05) is 13.3 Å². The fourth-order valence-corrected chi connectivity index (χ4v) is 2.47. The summed E-state index contributed by atoms with van der Waals surface area (Å²) in [5.74, 6) is -0.360. The minimum absolute atomic E-state index is 0.155. The van der Waals surface area contributed by atoms with E-state index in [1.807, 2.05) is 13.0 Å². The molecule has 3 amide bonds. The first-order chi connectivity index (χ1) is 12.7. The van der Waals surface area contributed by atoms with Gasteiger partial charge in [-0.2, -0.15) is 5.26 Å². The van der Waals surface area contributed by atoms with E-state index in [0.717, 1.165) is 12.8 Å². The molecule has 1 atom stereocenters. The molecule has 9 heteroatoms. The van der Waals surface area contributed by atoms with Gasteiger partial charge in [0.05, 0.1) is 19.1 Å². The van der Waals surface area contributed by atoms with Crippen LogP contribution in [0.25, 0.3) is 0 Å². The van der Waals surface area contributed by atoms with Gasteiger partial charge in [0.1, 0.15) is 11.6 Å². The minimum atomic E-state index is -0.979. The van der Waals surface area contributed by atoms with Crippen molar-refractivity contribution in [3.63, 3.8) is 0 Å². The van der Waals surface area contributed by atoms with Gasteiger partial charge in [-0.05, 0) is 27.2 Å². The SMILES string of the molecule is CCCCOC(=O)N1CCN(C(=O)[C@H](CC#N)NC(=O)OC(C)(C)C)CC1. The number of amides is 3. The van der Waals surface area contributed by atoms with E-state index >= 15 is 0 Å². The van der Waals surface area contributed by atoms with Crippen LogP contribution >= 0.6 is 0 Å². The molecule has 1 saturated heterocycles. The Labute approximate surface area is 160 Å². The third-order valence-electron chi connectivity index (χ3n) is 3.86. The number of hydrogen-bond donors (Lipinski definition) is 1. The summed E-state index contributed by atoms with van der Waals surface area (Å²) in [6.07, 6.45) is 0.485. The van der Waals surface area contributed by atoms with Gasteiger partial charge in [-0.15, -0.1) is 0 Å². The molecule has 0 radical (unpaired) electrons. The maximum atomic E-state index is 12.6. The molecule has 0 saturated carbocycles. The average Bonchev–Trinajstić information content (AvgIpc) is 2.59. The van der Waals surface area contributed by atoms with Crippen molar-refractivity contribution >= 4 is 18.1 Å². The number of carbonyl (C=O) groups excluding carboxylic acids is 3. The lowest BCUT2D eigenvalue weighted by Crippen LogP contribution is -2.56. The summed E-state index contributed by atoms with van der Waals surface area (Å²) in [5, 5.41) is 11.4. The van der Waals surface area contributed by atoms with Crippen LogP contribution in [0.1, 0.15) is 47.0 Å². The molecule has 1 heterocycles. The first-order valence-corrected chi connectivity index (χ1v) is 9.25. The largest absolute Gasteiger partial charge is 0.449 e. The second-order valence-corrected chi connectivity index (χ2v) is 7.34. The summed E-state index contributed by atoms with van der Waals surface area (Å²) in [6, 6.07) is 0.931. The number of unbranched alkanes of at least 4 members (excludes halogenated alkanes) is 1. The monoisotopic (exact) mass is 382 g/mol. The van der Waals surface area contributed by atoms with E-state index in [9.17, 15) is 14.4 Å². The van der Waals surface area contributed by atoms with Crippen LogP contribution in [-0.2, 0) is 14.3 Å². The zero-order valence-corrected chi connectivity index (χ0v) is 16.6. The molecule has 0 aromatic heterocycles. The van der Waals surface area contributed by atoms with Gasteiger partial charge in [0.2, 0.25) is 5.91 Å². The number of carbonyl (C=O) groups is 3. The van der Waals surface area contributed by atoms with Crippen LogP contribution in [0.5, 0.6) is 0 Å². The normalized spacial score (nSPS) is 15.5. The lowest BCUT2D eigenvalue weighted by Gasteiger charge is -2.35. The molecule has 0 aromatic carbocycles. The molecule has 1 aliphatic rings. The Kier molecular flexibility index (Phi) is 8.85. The Hall–Kier alpha value is -2.50. The number of nitrogens with zero attached hydrogens (tertiary/aromatic N) is 3. The van der Waals surface area contributed by atoms with E-state index in [2.05, 4.69) is 5.32 Å². The van der Waals surface area contributed by atoms with Gasteiger partial charge < -0.3 is 24.6 Å². The van der Waals surface area contributed by atoms with Crippen molar-refractivity contribution in [3.05, 3.63) is 0 Å². The Morgan fingerprint density at radius 2 is 1.74 bits per heavy atom. The fourth-order valence-electron chi connectivity index (χ4n) is 2.47. The molecule has 152 valence electrons. The Bertz CT molecular complexity index is 559. The van der Waals surface area contributed by atoms with Gasteiger partial charge in [-0.3, -0.25) is 4.79 Å². The molecule has 9 nitrogen and oxygen atoms in total. The second-order valence-electron chi connectivity index (χ2n) is 7.34. The van der Waals surface area contributed by atoms with Gasteiger partial charge in [0, 0.05) is 26.2 Å². The quantitative estimate of drug-likeness (QED) is 0.702. The highest BCUT2D eigenvalue weighted by Crippen LogP contribution is 2.10. The molecular formula is C18H30N4O5. The maximum absolute atomic E-state index is 12.6. The third-order valence-corrected chi connectivity index (χ3v) is 3.86. The first-order valence-electron chi connectivity index (χ1n) is 9.25. The van der Waals surface area contributed by atoms with Crippen molar-refractivity contribution in [1.29, 1.82) is 5.26 Å². The van der Waals surface area contributed by atoms with Crippen LogP contribution in [0.3, 0.4) is 0 Å². The molecule has 0 spiro atoms. The van der Waals surface area contributed by atoms with Crippen molar-refractivity contribution in [2.24, 2.45) is 0 Å². The predicted octanol–water partition coefficient (Wildman–Crippen LogP) is 1.87. The summed E-state index contributed by atoms with van der Waals surface area (Å²) in [5.41, 5.74) is -0.700. The predicted molar refractivity (Wildman–Crippen MR) is 97.8 cm³/mol. The van der Waals surface area contributed by atoms with E-state index < -0.39 is 17.7 Å². The van der Waals surface area contributed by atoms with E-state index in [1.54, 1.807) is 25.7 Å². The number of rotatable bonds is 6. The van der Waals surface area contributed by atoms with Crippen molar-refractivity contribution < 1.29 is 23.9 Å². The highest BCUT2D eigenvalue weighted by Gasteiger charge is 2.31. The van der Waals surface area contributed by atoms with Crippen molar-refractivity contribution in [3.8, 4) is 6.07 Å². The Balaban J connectivity index is 2.55. The topological polar surface area (TPSA) is 112 Å². The van der Waals surface area contributed by atoms with E-state index in [-0.39, 0.29) is 18.4 Å². The van der Waals surface area contributed by atoms with Crippen LogP contribution in [0, 0.1) is 11.3 Å². The van der Waals surface area contributed by atoms with Crippen LogP contribution in [0.15, 0.2) is 0 Å². The zero-order chi connectivity index (χ0) is 20.4. The smallest absolute Gasteiger partial charge is 0.409 e. The molecule has 1 aliphatic heterocycles. The maximum Gasteiger partial charge on any atom is 0.409 e. The number of alkyl carbamates (subject to hydrolysis) is 1. The van der Waals surface area contributed by atoms with Gasteiger partial charge in [-0.25, -0.2) is 9.59 Å². The molecule has 0 aromatic rings. The molecule has 0 bridgehead atoms. The third kappa shape index (κ3) is 8.15. The zero-order valence-electron chi connectivity index (χ0n) is 16.6. The number of hydrogen-bond acceptors (Lipinski definition) is 6. The molecule has 1 N–H and O–H groups in total. The Morgan fingerprint density at radius 1 is 1.15 bits per heavy atom. The fraction of sp³-hybridized carbons (Fsp3) is 0.778. The van der Waals surface area contributed by atoms with Crippen molar-refractivity contribution in [2.45, 2.75) is 58.6 Å². The number of nitrogens with one attached hydrogen (secondary N) is 1. The molecule has 1 fully saturated rings. The molecule has 27 heavy (non-hydrogen) atoms. The Morgan fingerprint density at radius 3 is 2.26 bits per heavy atom. The second kappa shape index (κ2) is 10.6. The molecule has 1 rings (SSSR count). The van der Waals surface area contributed by atoms with Crippen LogP contribution in [0.4, 0.5) is 9.59 Å². The highest BCUT2D eigenvalue weighted by molar-refractivity contribution is 5.86. The summed E-state index contributed by atoms with van der Waals surface area (Å²) < 4.78 is 10.3. The average molecular weight is 382 g/mol. The highest BCUT2D eigenvalue weighted by atomic mass is 16.6. The summed E-state index contributed by atoms with van der Waals surface area (Å²) in [4.78, 5) is 39.6. The van der Waals surface area contributed by atoms with Crippen LogP contribution in [-0.4, -0.2) is 72.3 Å². The van der Waals surface area contributed by atoms with E-state index in [4.69, 9.17) is 14.7 Å². The van der Waals surface area contributed by atoms with Gasteiger partial charge in [0.15, 0.2) is 0 Å². The van der Waals surface area contributed by atoms with E-state index in [0.29, 0.717) is 32.8 Å². The number of piperazine rings is 1. The summed E-state index contributed by atoms with van der Waals surface area (Å²) in [7, 11) is 0. The summed E-state index contributed by atoms with van der Waals surface area (Å²) >= 11 is 0. The van der Waals surface area contributed by atoms with Crippen LogP contribution in [0.2, 0.25) is 0 Å². The van der Waals surface area contributed by atoms with Crippen molar-refractivity contribution in [1.82, 2.24) is 15.1 Å². The number of ether oxygens (including phenoxy) is 2. The van der Waals surface area contributed by atoms with Crippen molar-refractivity contribution in [2.75, 3.05) is 32.8 Å². The lowest BCUT2D eigenvalue weighted by atomic mass is 10.1. The van der Waals surface area contributed by atoms with Gasteiger partial charge in [0.25, 0.3) is 0 Å². The minimum Gasteiger partial charge on any atom is -0.449 e. The molecule has 0 unspecified atom stereocenters. The lowest BCUT2D eigenvalue weighted by molar-refractivity contribution is -0.135.